The number of rotatable bonds is 4. The molecule has 0 N–H and O–H groups in total. The lowest BCUT2D eigenvalue weighted by Crippen LogP contribution is -2.05. The largest absolute Gasteiger partial charge is 0.218 e. The molecule has 0 saturated carbocycles. The smallest absolute Gasteiger partial charge is 0.207 e. The Bertz CT molecular complexity index is 1080. The van der Waals surface area contributed by atoms with E-state index in [4.69, 9.17) is 0 Å². The van der Waals surface area contributed by atoms with Crippen molar-refractivity contribution >= 4 is 9.84 Å². The van der Waals surface area contributed by atoms with Gasteiger partial charge >= 0.3 is 0 Å². The SMILES string of the molecule is O=S(=O)(c1ccccc1-c1ccccc1)c1ccccc1-c1ccccc1. The zero-order valence-electron chi connectivity index (χ0n) is 14.6. The second kappa shape index (κ2) is 7.22. The van der Waals surface area contributed by atoms with Gasteiger partial charge in [0.15, 0.2) is 0 Å². The van der Waals surface area contributed by atoms with Crippen molar-refractivity contribution in [3.63, 3.8) is 0 Å². The first kappa shape index (κ1) is 17.3. The molecule has 0 amide bonds. The van der Waals surface area contributed by atoms with Crippen LogP contribution in [-0.2, 0) is 9.84 Å². The van der Waals surface area contributed by atoms with Crippen molar-refractivity contribution in [1.29, 1.82) is 0 Å². The topological polar surface area (TPSA) is 34.1 Å². The van der Waals surface area contributed by atoms with Crippen LogP contribution in [0.2, 0.25) is 0 Å². The minimum Gasteiger partial charge on any atom is -0.218 e. The Hall–Kier alpha value is -3.17. The lowest BCUT2D eigenvalue weighted by atomic mass is 10.1. The molecule has 0 fully saturated rings. The molecule has 0 saturated heterocycles. The zero-order valence-corrected chi connectivity index (χ0v) is 15.4. The average molecular weight is 370 g/mol. The Morgan fingerprint density at radius 1 is 0.407 bits per heavy atom. The summed E-state index contributed by atoms with van der Waals surface area (Å²) in [5.74, 6) is 0. The van der Waals surface area contributed by atoms with E-state index < -0.39 is 9.84 Å². The first-order valence-electron chi connectivity index (χ1n) is 8.72. The molecule has 0 aliphatic carbocycles. The van der Waals surface area contributed by atoms with Crippen molar-refractivity contribution in [2.45, 2.75) is 9.79 Å². The van der Waals surface area contributed by atoms with E-state index in [9.17, 15) is 8.42 Å². The van der Waals surface area contributed by atoms with Crippen LogP contribution in [0, 0.1) is 0 Å². The Balaban J connectivity index is 1.93. The van der Waals surface area contributed by atoms with Crippen molar-refractivity contribution in [1.82, 2.24) is 0 Å². The Morgan fingerprint density at radius 2 is 0.741 bits per heavy atom. The molecule has 0 atom stereocenters. The first-order chi connectivity index (χ1) is 13.2. The highest BCUT2D eigenvalue weighted by Crippen LogP contribution is 2.35. The summed E-state index contributed by atoms with van der Waals surface area (Å²) >= 11 is 0. The predicted molar refractivity (Wildman–Crippen MR) is 109 cm³/mol. The van der Waals surface area contributed by atoms with Gasteiger partial charge in [-0.2, -0.15) is 0 Å². The highest BCUT2D eigenvalue weighted by atomic mass is 32.2. The fraction of sp³-hybridized carbons (Fsp3) is 0. The summed E-state index contributed by atoms with van der Waals surface area (Å²) in [4.78, 5) is 0.638. The van der Waals surface area contributed by atoms with Crippen LogP contribution in [0.5, 0.6) is 0 Å². The first-order valence-corrected chi connectivity index (χ1v) is 10.2. The third-order valence-corrected chi connectivity index (χ3v) is 6.39. The molecular formula is C24H18O2S. The summed E-state index contributed by atoms with van der Waals surface area (Å²) in [5.41, 5.74) is 3.18. The third-order valence-electron chi connectivity index (χ3n) is 4.52. The molecule has 27 heavy (non-hydrogen) atoms. The van der Waals surface area contributed by atoms with Crippen LogP contribution in [0.3, 0.4) is 0 Å². The highest BCUT2D eigenvalue weighted by Gasteiger charge is 2.24. The molecule has 4 rings (SSSR count). The van der Waals surface area contributed by atoms with Gasteiger partial charge in [-0.15, -0.1) is 0 Å². The maximum atomic E-state index is 13.6. The van der Waals surface area contributed by atoms with Crippen molar-refractivity contribution in [3.8, 4) is 22.3 Å². The van der Waals surface area contributed by atoms with Gasteiger partial charge in [0.2, 0.25) is 9.84 Å². The summed E-state index contributed by atoms with van der Waals surface area (Å²) in [5, 5.41) is 0. The van der Waals surface area contributed by atoms with Crippen molar-refractivity contribution < 1.29 is 8.42 Å². The molecule has 0 radical (unpaired) electrons. The van der Waals surface area contributed by atoms with Gasteiger partial charge in [-0.1, -0.05) is 97.1 Å². The summed E-state index contributed by atoms with van der Waals surface area (Å²) < 4.78 is 27.2. The third kappa shape index (κ3) is 3.29. The molecule has 4 aromatic carbocycles. The molecule has 0 bridgehead atoms. The summed E-state index contributed by atoms with van der Waals surface area (Å²) in [6, 6.07) is 33.5. The molecular weight excluding hydrogens is 352 g/mol. The van der Waals surface area contributed by atoms with Gasteiger partial charge in [-0.05, 0) is 23.3 Å². The van der Waals surface area contributed by atoms with E-state index in [1.807, 2.05) is 84.9 Å². The standard InChI is InChI=1S/C24H18O2S/c25-27(26,23-17-9-7-15-21(23)19-11-3-1-4-12-19)24-18-10-8-16-22(24)20-13-5-2-6-14-20/h1-18H. The number of hydrogen-bond acceptors (Lipinski definition) is 2. The van der Waals surface area contributed by atoms with E-state index in [0.717, 1.165) is 11.1 Å². The Labute approximate surface area is 159 Å². The quantitative estimate of drug-likeness (QED) is 0.451. The Kier molecular flexibility index (Phi) is 4.61. The van der Waals surface area contributed by atoms with Crippen molar-refractivity contribution in [2.75, 3.05) is 0 Å². The molecule has 0 heterocycles. The zero-order chi connectivity index (χ0) is 18.7. The average Bonchev–Trinajstić information content (AvgIpc) is 2.75. The van der Waals surface area contributed by atoms with E-state index >= 15 is 0 Å². The van der Waals surface area contributed by atoms with Crippen LogP contribution in [0.15, 0.2) is 119 Å². The highest BCUT2D eigenvalue weighted by molar-refractivity contribution is 7.91. The van der Waals surface area contributed by atoms with Crippen molar-refractivity contribution in [3.05, 3.63) is 109 Å². The monoisotopic (exact) mass is 370 g/mol. The van der Waals surface area contributed by atoms with Crippen LogP contribution in [0.1, 0.15) is 0 Å². The van der Waals surface area contributed by atoms with Crippen LogP contribution in [0.25, 0.3) is 22.3 Å². The minimum absolute atomic E-state index is 0.319. The van der Waals surface area contributed by atoms with Gasteiger partial charge < -0.3 is 0 Å². The van der Waals surface area contributed by atoms with Crippen LogP contribution < -0.4 is 0 Å². The second-order valence-electron chi connectivity index (χ2n) is 6.23. The lowest BCUT2D eigenvalue weighted by molar-refractivity contribution is 0.596. The van der Waals surface area contributed by atoms with Crippen LogP contribution in [-0.4, -0.2) is 8.42 Å². The molecule has 0 aromatic heterocycles. The second-order valence-corrected chi connectivity index (χ2v) is 8.11. The van der Waals surface area contributed by atoms with Gasteiger partial charge in [0, 0.05) is 11.1 Å². The number of hydrogen-bond donors (Lipinski definition) is 0. The number of benzene rings is 4. The lowest BCUT2D eigenvalue weighted by Gasteiger charge is -2.14. The molecule has 0 aliphatic rings. The van der Waals surface area contributed by atoms with E-state index in [0.29, 0.717) is 20.9 Å². The van der Waals surface area contributed by atoms with E-state index in [1.165, 1.54) is 0 Å². The van der Waals surface area contributed by atoms with Crippen LogP contribution in [0.4, 0.5) is 0 Å². The fourth-order valence-electron chi connectivity index (χ4n) is 3.23. The number of sulfone groups is 1. The molecule has 4 aromatic rings. The summed E-state index contributed by atoms with van der Waals surface area (Å²) in [6.45, 7) is 0. The van der Waals surface area contributed by atoms with Crippen molar-refractivity contribution in [2.24, 2.45) is 0 Å². The van der Waals surface area contributed by atoms with E-state index in [-0.39, 0.29) is 0 Å². The summed E-state index contributed by atoms with van der Waals surface area (Å²) in [7, 11) is -3.70. The Morgan fingerprint density at radius 3 is 1.15 bits per heavy atom. The predicted octanol–water partition coefficient (Wildman–Crippen LogP) is 5.85. The van der Waals surface area contributed by atoms with Gasteiger partial charge in [0.1, 0.15) is 0 Å². The molecule has 0 unspecified atom stereocenters. The maximum absolute atomic E-state index is 13.6. The molecule has 3 heteroatoms. The van der Waals surface area contributed by atoms with E-state index in [1.54, 1.807) is 24.3 Å². The molecule has 2 nitrogen and oxygen atoms in total. The van der Waals surface area contributed by atoms with Gasteiger partial charge in [-0.3, -0.25) is 0 Å². The van der Waals surface area contributed by atoms with Gasteiger partial charge in [-0.25, -0.2) is 8.42 Å². The van der Waals surface area contributed by atoms with Gasteiger partial charge in [0.05, 0.1) is 9.79 Å². The minimum atomic E-state index is -3.70. The van der Waals surface area contributed by atoms with Gasteiger partial charge in [0.25, 0.3) is 0 Å². The molecule has 132 valence electrons. The normalized spacial score (nSPS) is 11.3. The van der Waals surface area contributed by atoms with E-state index in [2.05, 4.69) is 0 Å². The fourth-order valence-corrected chi connectivity index (χ4v) is 4.94. The summed E-state index contributed by atoms with van der Waals surface area (Å²) in [6.07, 6.45) is 0. The molecule has 0 aliphatic heterocycles. The van der Waals surface area contributed by atoms with Crippen LogP contribution >= 0.6 is 0 Å². The molecule has 0 spiro atoms. The maximum Gasteiger partial charge on any atom is 0.207 e.